The number of hydrogen-bond donors (Lipinski definition) is 8. The van der Waals surface area contributed by atoms with Gasteiger partial charge in [-0.05, 0) is 44.2 Å². The first-order valence-corrected chi connectivity index (χ1v) is 11.9. The molecule has 0 aromatic heterocycles. The molecular formula is C19H34N6O8S. The number of carbonyl (C=O) groups excluding carboxylic acids is 4. The summed E-state index contributed by atoms with van der Waals surface area (Å²) in [5.74, 6) is -5.70. The number of carboxylic acids is 2. The Hall–Kier alpha value is -2.91. The van der Waals surface area contributed by atoms with Crippen LogP contribution in [0.4, 0.5) is 0 Å². The summed E-state index contributed by atoms with van der Waals surface area (Å²) in [5, 5.41) is 25.1. The maximum Gasteiger partial charge on any atom is 0.326 e. The van der Waals surface area contributed by atoms with Gasteiger partial charge in [-0.1, -0.05) is 0 Å². The minimum absolute atomic E-state index is 0.0958. The first-order valence-electron chi connectivity index (χ1n) is 10.5. The molecule has 0 aliphatic rings. The van der Waals surface area contributed by atoms with Gasteiger partial charge >= 0.3 is 11.9 Å². The number of unbranched alkanes of at least 4 members (excludes halogenated alkanes) is 1. The van der Waals surface area contributed by atoms with Crippen LogP contribution in [0.25, 0.3) is 0 Å². The first-order chi connectivity index (χ1) is 15.9. The van der Waals surface area contributed by atoms with Crippen molar-refractivity contribution in [3.8, 4) is 0 Å². The summed E-state index contributed by atoms with van der Waals surface area (Å²) in [5.41, 5.74) is 16.1. The van der Waals surface area contributed by atoms with Crippen LogP contribution in [0.3, 0.4) is 0 Å². The van der Waals surface area contributed by atoms with Crippen molar-refractivity contribution in [3.05, 3.63) is 0 Å². The number of rotatable bonds is 18. The molecule has 11 N–H and O–H groups in total. The van der Waals surface area contributed by atoms with E-state index in [0.29, 0.717) is 25.1 Å². The Morgan fingerprint density at radius 1 is 0.824 bits per heavy atom. The van der Waals surface area contributed by atoms with Crippen LogP contribution < -0.4 is 33.2 Å². The fourth-order valence-corrected chi connectivity index (χ4v) is 3.25. The summed E-state index contributed by atoms with van der Waals surface area (Å²) in [4.78, 5) is 71.0. The van der Waals surface area contributed by atoms with Gasteiger partial charge in [-0.25, -0.2) is 4.79 Å². The molecule has 15 heteroatoms. The second-order valence-electron chi connectivity index (χ2n) is 7.46. The quantitative estimate of drug-likeness (QED) is 0.0873. The lowest BCUT2D eigenvalue weighted by Crippen LogP contribution is -2.57. The molecular weight excluding hydrogens is 472 g/mol. The lowest BCUT2D eigenvalue weighted by molar-refractivity contribution is -0.147. The van der Waals surface area contributed by atoms with Crippen LogP contribution in [0.2, 0.25) is 0 Å². The maximum absolute atomic E-state index is 12.9. The predicted molar refractivity (Wildman–Crippen MR) is 123 cm³/mol. The Morgan fingerprint density at radius 3 is 1.82 bits per heavy atom. The van der Waals surface area contributed by atoms with E-state index in [1.54, 1.807) is 6.26 Å². The van der Waals surface area contributed by atoms with E-state index in [0.717, 1.165) is 0 Å². The number of hydrogen-bond acceptors (Lipinski definition) is 9. The molecule has 0 aromatic carbocycles. The van der Waals surface area contributed by atoms with Gasteiger partial charge in [0.25, 0.3) is 0 Å². The smallest absolute Gasteiger partial charge is 0.326 e. The van der Waals surface area contributed by atoms with Crippen molar-refractivity contribution in [2.75, 3.05) is 18.6 Å². The van der Waals surface area contributed by atoms with Crippen molar-refractivity contribution in [3.63, 3.8) is 0 Å². The van der Waals surface area contributed by atoms with Crippen molar-refractivity contribution >= 4 is 47.3 Å². The van der Waals surface area contributed by atoms with E-state index in [4.69, 9.17) is 22.3 Å². The monoisotopic (exact) mass is 506 g/mol. The molecule has 0 saturated carbocycles. The van der Waals surface area contributed by atoms with E-state index >= 15 is 0 Å². The summed E-state index contributed by atoms with van der Waals surface area (Å²) in [6.45, 7) is 0.323. The van der Waals surface area contributed by atoms with Crippen LogP contribution >= 0.6 is 11.8 Å². The van der Waals surface area contributed by atoms with Crippen LogP contribution in [-0.2, 0) is 28.8 Å². The number of nitrogens with two attached hydrogens (primary N) is 3. The highest BCUT2D eigenvalue weighted by molar-refractivity contribution is 7.98. The van der Waals surface area contributed by atoms with Crippen LogP contribution in [0.15, 0.2) is 0 Å². The molecule has 0 saturated heterocycles. The molecule has 194 valence electrons. The third kappa shape index (κ3) is 13.0. The SMILES string of the molecule is CSCCC(NC(=O)C(N)CC(N)=O)C(=O)NC(CCCCN)C(=O)NC(CC(=O)O)C(=O)O. The molecule has 4 atom stereocenters. The van der Waals surface area contributed by atoms with Gasteiger partial charge < -0.3 is 43.4 Å². The zero-order valence-corrected chi connectivity index (χ0v) is 19.8. The molecule has 0 fully saturated rings. The van der Waals surface area contributed by atoms with E-state index in [-0.39, 0.29) is 12.8 Å². The molecule has 0 spiro atoms. The van der Waals surface area contributed by atoms with E-state index in [2.05, 4.69) is 16.0 Å². The number of amides is 4. The summed E-state index contributed by atoms with van der Waals surface area (Å²) in [7, 11) is 0. The fraction of sp³-hybridized carbons (Fsp3) is 0.684. The zero-order valence-electron chi connectivity index (χ0n) is 19.0. The van der Waals surface area contributed by atoms with Gasteiger partial charge in [0.2, 0.25) is 23.6 Å². The van der Waals surface area contributed by atoms with Gasteiger partial charge in [0, 0.05) is 0 Å². The second kappa shape index (κ2) is 16.7. The molecule has 14 nitrogen and oxygen atoms in total. The van der Waals surface area contributed by atoms with Crippen molar-refractivity contribution in [2.24, 2.45) is 17.2 Å². The van der Waals surface area contributed by atoms with Crippen molar-refractivity contribution in [1.29, 1.82) is 0 Å². The van der Waals surface area contributed by atoms with Crippen molar-refractivity contribution in [1.82, 2.24) is 16.0 Å². The number of carboxylic acid groups (broad SMARTS) is 2. The highest BCUT2D eigenvalue weighted by atomic mass is 32.2. The number of thioether (sulfide) groups is 1. The van der Waals surface area contributed by atoms with E-state index in [9.17, 15) is 33.9 Å². The highest BCUT2D eigenvalue weighted by Gasteiger charge is 2.31. The number of aliphatic carboxylic acids is 2. The third-order valence-corrected chi connectivity index (χ3v) is 5.22. The topological polar surface area (TPSA) is 257 Å². The lowest BCUT2D eigenvalue weighted by Gasteiger charge is -2.25. The maximum atomic E-state index is 12.9. The molecule has 0 aromatic rings. The Kier molecular flexibility index (Phi) is 15.2. The largest absolute Gasteiger partial charge is 0.481 e. The Morgan fingerprint density at radius 2 is 1.35 bits per heavy atom. The molecule has 4 amide bonds. The first kappa shape index (κ1) is 31.1. The molecule has 0 heterocycles. The standard InChI is InChI=1S/C19H34N6O8S/c1-34-7-5-12(23-16(29)10(21)8-14(22)26)18(31)24-11(4-2-3-6-20)17(30)25-13(19(32)33)9-15(27)28/h10-13H,2-9,20-21H2,1H3,(H2,22,26)(H,23,29)(H,24,31)(H,25,30)(H,27,28)(H,32,33). The van der Waals surface area contributed by atoms with Crippen LogP contribution in [0, 0.1) is 0 Å². The van der Waals surface area contributed by atoms with Crippen molar-refractivity contribution in [2.45, 2.75) is 62.7 Å². The average Bonchev–Trinajstić information content (AvgIpc) is 2.74. The lowest BCUT2D eigenvalue weighted by atomic mass is 10.1. The van der Waals surface area contributed by atoms with Gasteiger partial charge in [0.15, 0.2) is 0 Å². The van der Waals surface area contributed by atoms with Gasteiger partial charge in [-0.3, -0.25) is 24.0 Å². The minimum atomic E-state index is -1.70. The van der Waals surface area contributed by atoms with E-state index < -0.39 is 72.6 Å². The second-order valence-corrected chi connectivity index (χ2v) is 8.45. The molecule has 34 heavy (non-hydrogen) atoms. The number of nitrogens with one attached hydrogen (secondary N) is 3. The Balaban J connectivity index is 5.50. The fourth-order valence-electron chi connectivity index (χ4n) is 2.77. The molecule has 0 bridgehead atoms. The highest BCUT2D eigenvalue weighted by Crippen LogP contribution is 2.07. The number of carbonyl (C=O) groups is 6. The Labute approximate surface area is 201 Å². The minimum Gasteiger partial charge on any atom is -0.481 e. The van der Waals surface area contributed by atoms with Crippen LogP contribution in [0.1, 0.15) is 38.5 Å². The molecule has 0 rings (SSSR count). The Bertz CT molecular complexity index is 738. The van der Waals surface area contributed by atoms with E-state index in [1.165, 1.54) is 11.8 Å². The molecule has 0 aliphatic carbocycles. The van der Waals surface area contributed by atoms with Gasteiger partial charge in [0.1, 0.15) is 18.1 Å². The van der Waals surface area contributed by atoms with E-state index in [1.807, 2.05) is 0 Å². The van der Waals surface area contributed by atoms with Gasteiger partial charge in [-0.15, -0.1) is 0 Å². The summed E-state index contributed by atoms with van der Waals surface area (Å²) >= 11 is 1.40. The molecule has 0 radical (unpaired) electrons. The predicted octanol–water partition coefficient (Wildman–Crippen LogP) is -2.92. The summed E-state index contributed by atoms with van der Waals surface area (Å²) in [6.07, 6.45) is 1.71. The molecule has 4 unspecified atom stereocenters. The van der Waals surface area contributed by atoms with Crippen LogP contribution in [0.5, 0.6) is 0 Å². The van der Waals surface area contributed by atoms with Crippen LogP contribution in [-0.4, -0.2) is 88.5 Å². The third-order valence-electron chi connectivity index (χ3n) is 4.57. The average molecular weight is 507 g/mol. The van der Waals surface area contributed by atoms with Gasteiger partial charge in [0.05, 0.1) is 18.9 Å². The zero-order chi connectivity index (χ0) is 26.3. The summed E-state index contributed by atoms with van der Waals surface area (Å²) in [6, 6.07) is -5.27. The normalized spacial score (nSPS) is 14.2. The number of primary amides is 1. The summed E-state index contributed by atoms with van der Waals surface area (Å²) < 4.78 is 0. The van der Waals surface area contributed by atoms with Gasteiger partial charge in [-0.2, -0.15) is 11.8 Å². The molecule has 0 aliphatic heterocycles. The van der Waals surface area contributed by atoms with Crippen molar-refractivity contribution < 1.29 is 39.0 Å².